The Labute approximate surface area is 128 Å². The maximum absolute atomic E-state index is 12.3. The van der Waals surface area contributed by atoms with Crippen molar-refractivity contribution in [2.45, 2.75) is 51.4 Å². The zero-order valence-electron chi connectivity index (χ0n) is 11.6. The van der Waals surface area contributed by atoms with Crippen molar-refractivity contribution in [1.82, 2.24) is 9.78 Å². The normalized spacial score (nSPS) is 16.8. The predicted molar refractivity (Wildman–Crippen MR) is 77.3 cm³/mol. The third-order valence-corrected chi connectivity index (χ3v) is 4.25. The Morgan fingerprint density at radius 1 is 1.52 bits per heavy atom. The van der Waals surface area contributed by atoms with Crippen LogP contribution in [0.1, 0.15) is 32.6 Å². The van der Waals surface area contributed by atoms with Crippen LogP contribution in [0.15, 0.2) is 15.5 Å². The van der Waals surface area contributed by atoms with Gasteiger partial charge < -0.3 is 5.32 Å². The second-order valence-corrected chi connectivity index (χ2v) is 6.17. The molecule has 1 aromatic rings. The van der Waals surface area contributed by atoms with E-state index in [1.807, 2.05) is 6.92 Å². The Morgan fingerprint density at radius 2 is 2.19 bits per heavy atom. The number of halogens is 4. The van der Waals surface area contributed by atoms with Crippen LogP contribution < -0.4 is 10.9 Å². The summed E-state index contributed by atoms with van der Waals surface area (Å²) in [5, 5.41) is 6.79. The number of hydrogen-bond acceptors (Lipinski definition) is 3. The summed E-state index contributed by atoms with van der Waals surface area (Å²) in [5.41, 5.74) is -0.329. The van der Waals surface area contributed by atoms with E-state index in [-0.39, 0.29) is 10.5 Å². The van der Waals surface area contributed by atoms with Gasteiger partial charge in [0.05, 0.1) is 11.9 Å². The standard InChI is InChI=1S/C13H17BrF3N3O/c1-2-9(5-8-3-4-8)19-10-6-18-20(7-13(15,16)17)12(21)11(10)14/h6,8-9,19H,2-5,7H2,1H3. The molecule has 1 atom stereocenters. The number of aromatic nitrogens is 2. The van der Waals surface area contributed by atoms with E-state index < -0.39 is 18.3 Å². The molecule has 1 fully saturated rings. The molecule has 1 aliphatic carbocycles. The average molecular weight is 368 g/mol. The first kappa shape index (κ1) is 16.3. The highest BCUT2D eigenvalue weighted by Crippen LogP contribution is 2.35. The van der Waals surface area contributed by atoms with Crippen LogP contribution in [-0.2, 0) is 6.54 Å². The maximum Gasteiger partial charge on any atom is 0.408 e. The number of alkyl halides is 3. The molecule has 1 aliphatic rings. The smallest absolute Gasteiger partial charge is 0.380 e. The molecule has 0 aromatic carbocycles. The van der Waals surface area contributed by atoms with Gasteiger partial charge in [-0.3, -0.25) is 4.79 Å². The first-order valence-corrected chi connectivity index (χ1v) is 7.68. The van der Waals surface area contributed by atoms with Crippen LogP contribution in [-0.4, -0.2) is 22.0 Å². The summed E-state index contributed by atoms with van der Waals surface area (Å²) in [5.74, 6) is 0.722. The Kier molecular flexibility index (Phi) is 4.95. The molecule has 0 spiro atoms. The quantitative estimate of drug-likeness (QED) is 0.835. The van der Waals surface area contributed by atoms with Crippen LogP contribution in [0.4, 0.5) is 18.9 Å². The van der Waals surface area contributed by atoms with Crippen LogP contribution in [0.3, 0.4) is 0 Å². The zero-order chi connectivity index (χ0) is 15.6. The molecule has 1 aromatic heterocycles. The second kappa shape index (κ2) is 6.37. The molecular weight excluding hydrogens is 351 g/mol. The number of nitrogens with one attached hydrogen (secondary N) is 1. The van der Waals surface area contributed by atoms with Gasteiger partial charge >= 0.3 is 6.18 Å². The van der Waals surface area contributed by atoms with E-state index in [4.69, 9.17) is 0 Å². The van der Waals surface area contributed by atoms with Gasteiger partial charge in [-0.05, 0) is 34.7 Å². The highest BCUT2D eigenvalue weighted by molar-refractivity contribution is 9.10. The fourth-order valence-electron chi connectivity index (χ4n) is 2.15. The molecule has 21 heavy (non-hydrogen) atoms. The van der Waals surface area contributed by atoms with Crippen LogP contribution in [0, 0.1) is 5.92 Å². The van der Waals surface area contributed by atoms with Gasteiger partial charge in [0.25, 0.3) is 5.56 Å². The fraction of sp³-hybridized carbons (Fsp3) is 0.692. The summed E-state index contributed by atoms with van der Waals surface area (Å²) in [6, 6.07) is 0.202. The van der Waals surface area contributed by atoms with Crippen LogP contribution in [0.2, 0.25) is 0 Å². The summed E-state index contributed by atoms with van der Waals surface area (Å²) in [6.07, 6.45) is 1.15. The van der Waals surface area contributed by atoms with Gasteiger partial charge in [-0.25, -0.2) is 4.68 Å². The molecule has 4 nitrogen and oxygen atoms in total. The lowest BCUT2D eigenvalue weighted by Gasteiger charge is -2.19. The molecule has 0 radical (unpaired) electrons. The Hall–Kier alpha value is -1.05. The minimum Gasteiger partial charge on any atom is -0.380 e. The summed E-state index contributed by atoms with van der Waals surface area (Å²) in [4.78, 5) is 11.9. The first-order valence-electron chi connectivity index (χ1n) is 6.89. The molecule has 118 valence electrons. The van der Waals surface area contributed by atoms with Gasteiger partial charge in [-0.15, -0.1) is 0 Å². The highest BCUT2D eigenvalue weighted by Gasteiger charge is 2.30. The lowest BCUT2D eigenvalue weighted by atomic mass is 10.1. The van der Waals surface area contributed by atoms with Gasteiger partial charge in [0.15, 0.2) is 0 Å². The van der Waals surface area contributed by atoms with E-state index in [2.05, 4.69) is 26.3 Å². The Bertz CT molecular complexity index is 555. The second-order valence-electron chi connectivity index (χ2n) is 5.38. The molecule has 8 heteroatoms. The van der Waals surface area contributed by atoms with Gasteiger partial charge in [0, 0.05) is 6.04 Å². The fourth-order valence-corrected chi connectivity index (χ4v) is 2.57. The van der Waals surface area contributed by atoms with Crippen molar-refractivity contribution < 1.29 is 13.2 Å². The topological polar surface area (TPSA) is 46.9 Å². The van der Waals surface area contributed by atoms with E-state index in [1.165, 1.54) is 19.0 Å². The molecule has 1 unspecified atom stereocenters. The molecule has 0 saturated heterocycles. The van der Waals surface area contributed by atoms with Crippen molar-refractivity contribution in [3.63, 3.8) is 0 Å². The third-order valence-electron chi connectivity index (χ3n) is 3.48. The molecule has 0 amide bonds. The van der Waals surface area contributed by atoms with E-state index in [1.54, 1.807) is 0 Å². The monoisotopic (exact) mass is 367 g/mol. The van der Waals surface area contributed by atoms with Gasteiger partial charge in [-0.1, -0.05) is 19.8 Å². The SMILES string of the molecule is CCC(CC1CC1)Nc1cnn(CC(F)(F)F)c(=O)c1Br. The summed E-state index contributed by atoms with van der Waals surface area (Å²) in [6.45, 7) is 0.649. The van der Waals surface area contributed by atoms with E-state index >= 15 is 0 Å². The van der Waals surface area contributed by atoms with Gasteiger partial charge in [0.2, 0.25) is 0 Å². The largest absolute Gasteiger partial charge is 0.408 e. The third kappa shape index (κ3) is 4.72. The summed E-state index contributed by atoms with van der Waals surface area (Å²) < 4.78 is 37.5. The lowest BCUT2D eigenvalue weighted by Crippen LogP contribution is -2.31. The average Bonchev–Trinajstić information content (AvgIpc) is 3.20. The molecule has 1 heterocycles. The van der Waals surface area contributed by atoms with Crippen molar-refractivity contribution >= 4 is 21.6 Å². The molecule has 1 saturated carbocycles. The van der Waals surface area contributed by atoms with Crippen molar-refractivity contribution in [3.8, 4) is 0 Å². The summed E-state index contributed by atoms with van der Waals surface area (Å²) in [7, 11) is 0. The number of rotatable bonds is 6. The molecule has 2 rings (SSSR count). The molecular formula is C13H17BrF3N3O. The van der Waals surface area contributed by atoms with E-state index in [0.717, 1.165) is 18.8 Å². The number of hydrogen-bond donors (Lipinski definition) is 1. The Balaban J connectivity index is 2.13. The lowest BCUT2D eigenvalue weighted by molar-refractivity contribution is -0.143. The van der Waals surface area contributed by atoms with Crippen molar-refractivity contribution in [2.24, 2.45) is 5.92 Å². The van der Waals surface area contributed by atoms with Gasteiger partial charge in [-0.2, -0.15) is 18.3 Å². The number of anilines is 1. The summed E-state index contributed by atoms with van der Waals surface area (Å²) >= 11 is 3.07. The maximum atomic E-state index is 12.3. The van der Waals surface area contributed by atoms with Crippen LogP contribution in [0.25, 0.3) is 0 Å². The molecule has 0 bridgehead atoms. The zero-order valence-corrected chi connectivity index (χ0v) is 13.2. The molecule has 1 N–H and O–H groups in total. The minimum absolute atomic E-state index is 0.0935. The predicted octanol–water partition coefficient (Wildman–Crippen LogP) is 3.56. The van der Waals surface area contributed by atoms with Crippen LogP contribution >= 0.6 is 15.9 Å². The number of nitrogens with zero attached hydrogens (tertiary/aromatic N) is 2. The van der Waals surface area contributed by atoms with Crippen molar-refractivity contribution in [3.05, 3.63) is 21.0 Å². The van der Waals surface area contributed by atoms with Crippen molar-refractivity contribution in [1.29, 1.82) is 0 Å². The first-order chi connectivity index (χ1) is 9.80. The minimum atomic E-state index is -4.47. The van der Waals surface area contributed by atoms with Gasteiger partial charge in [0.1, 0.15) is 11.0 Å². The van der Waals surface area contributed by atoms with Crippen molar-refractivity contribution in [2.75, 3.05) is 5.32 Å². The van der Waals surface area contributed by atoms with Crippen LogP contribution in [0.5, 0.6) is 0 Å². The van der Waals surface area contributed by atoms with E-state index in [9.17, 15) is 18.0 Å². The molecule has 0 aliphatic heterocycles. The Morgan fingerprint density at radius 3 is 2.71 bits per heavy atom. The van der Waals surface area contributed by atoms with E-state index in [0.29, 0.717) is 10.4 Å². The highest BCUT2D eigenvalue weighted by atomic mass is 79.9.